The molecule has 2 spiro atoms. The Morgan fingerprint density at radius 2 is 1.42 bits per heavy atom. The van der Waals surface area contributed by atoms with Crippen molar-refractivity contribution in [2.75, 3.05) is 0 Å². The normalized spacial score (nSPS) is 53.3. The Balaban J connectivity index is 1.39. The highest BCUT2D eigenvalue weighted by atomic mass is 16.3. The Bertz CT molecular complexity index is 709. The predicted molar refractivity (Wildman–Crippen MR) is 131 cm³/mol. The van der Waals surface area contributed by atoms with E-state index in [0.29, 0.717) is 21.7 Å². The lowest BCUT2D eigenvalue weighted by molar-refractivity contribution is -0.161. The first-order chi connectivity index (χ1) is 14.4. The lowest BCUT2D eigenvalue weighted by Gasteiger charge is -2.63. The third-order valence-corrected chi connectivity index (χ3v) is 13.3. The van der Waals surface area contributed by atoms with Crippen LogP contribution in [0.2, 0.25) is 0 Å². The SMILES string of the molecule is CC(C)CCC[C@H](C)[C@@H]1CC[C@]2(C)[C@H]3CC[C@@H]4C(C)(C)[C@H](O)CC[C@]45C[C@]35CC[C@@]12C. The van der Waals surface area contributed by atoms with E-state index in [1.54, 1.807) is 0 Å². The summed E-state index contributed by atoms with van der Waals surface area (Å²) in [6, 6.07) is 0. The maximum atomic E-state index is 10.8. The van der Waals surface area contributed by atoms with E-state index in [4.69, 9.17) is 0 Å². The van der Waals surface area contributed by atoms with Crippen LogP contribution in [-0.2, 0) is 0 Å². The molecule has 0 radical (unpaired) electrons. The quantitative estimate of drug-likeness (QED) is 0.467. The van der Waals surface area contributed by atoms with Crippen molar-refractivity contribution < 1.29 is 5.11 Å². The molecular weight excluding hydrogens is 376 g/mol. The number of aliphatic hydroxyl groups is 1. The monoisotopic (exact) mass is 428 g/mol. The molecule has 5 aliphatic carbocycles. The van der Waals surface area contributed by atoms with Crippen LogP contribution in [0.25, 0.3) is 0 Å². The highest BCUT2D eigenvalue weighted by molar-refractivity contribution is 5.30. The van der Waals surface area contributed by atoms with E-state index in [1.165, 1.54) is 70.6 Å². The van der Waals surface area contributed by atoms with Crippen LogP contribution in [-0.4, -0.2) is 11.2 Å². The molecule has 5 aliphatic rings. The zero-order valence-electron chi connectivity index (χ0n) is 21.9. The van der Waals surface area contributed by atoms with Crippen molar-refractivity contribution in [2.24, 2.45) is 56.7 Å². The molecule has 1 N–H and O–H groups in total. The average Bonchev–Trinajstić information content (AvgIpc) is 3.27. The van der Waals surface area contributed by atoms with Crippen LogP contribution in [0.15, 0.2) is 0 Å². The lowest BCUT2D eigenvalue weighted by Crippen LogP contribution is -2.57. The Labute approximate surface area is 193 Å². The van der Waals surface area contributed by atoms with Crippen molar-refractivity contribution in [1.29, 1.82) is 0 Å². The van der Waals surface area contributed by atoms with Crippen LogP contribution in [0, 0.1) is 56.7 Å². The molecule has 0 aromatic heterocycles. The predicted octanol–water partition coefficient (Wildman–Crippen LogP) is 8.25. The summed E-state index contributed by atoms with van der Waals surface area (Å²) in [4.78, 5) is 0. The summed E-state index contributed by atoms with van der Waals surface area (Å²) in [6.07, 6.45) is 16.9. The van der Waals surface area contributed by atoms with E-state index in [-0.39, 0.29) is 11.5 Å². The summed E-state index contributed by atoms with van der Waals surface area (Å²) >= 11 is 0. The van der Waals surface area contributed by atoms with Crippen LogP contribution in [0.4, 0.5) is 0 Å². The minimum atomic E-state index is -0.0793. The number of fused-ring (bicyclic) bond motifs is 2. The van der Waals surface area contributed by atoms with Crippen LogP contribution < -0.4 is 0 Å². The molecule has 5 fully saturated rings. The van der Waals surface area contributed by atoms with Crippen LogP contribution >= 0.6 is 0 Å². The number of aliphatic hydroxyl groups excluding tert-OH is 1. The fraction of sp³-hybridized carbons (Fsp3) is 1.00. The summed E-state index contributed by atoms with van der Waals surface area (Å²) in [7, 11) is 0. The Morgan fingerprint density at radius 3 is 2.13 bits per heavy atom. The standard InChI is InChI=1S/C30H52O/c1-20(2)9-8-10-21(3)22-13-15-28(7)24-12-11-23-26(4,5)25(31)14-16-29(23)19-30(24,29)18-17-27(22,28)6/h20-25,31H,8-19H2,1-7H3/t21-,22-,23+,24+,25+,27-,28+,29-,30+/m0/s1. The highest BCUT2D eigenvalue weighted by Crippen LogP contribution is 2.89. The van der Waals surface area contributed by atoms with Gasteiger partial charge in [-0.15, -0.1) is 0 Å². The topological polar surface area (TPSA) is 20.2 Å². The second kappa shape index (κ2) is 6.99. The summed E-state index contributed by atoms with van der Waals surface area (Å²) in [6.45, 7) is 17.7. The molecule has 5 saturated carbocycles. The summed E-state index contributed by atoms with van der Waals surface area (Å²) in [5.41, 5.74) is 2.45. The van der Waals surface area contributed by atoms with E-state index in [9.17, 15) is 5.11 Å². The van der Waals surface area contributed by atoms with Crippen LogP contribution in [0.1, 0.15) is 126 Å². The minimum absolute atomic E-state index is 0.0793. The molecule has 0 saturated heterocycles. The fourth-order valence-corrected chi connectivity index (χ4v) is 11.3. The van der Waals surface area contributed by atoms with E-state index in [1.807, 2.05) is 0 Å². The van der Waals surface area contributed by atoms with Crippen LogP contribution in [0.3, 0.4) is 0 Å². The Morgan fingerprint density at radius 1 is 0.742 bits per heavy atom. The van der Waals surface area contributed by atoms with Crippen molar-refractivity contribution >= 4 is 0 Å². The van der Waals surface area contributed by atoms with Gasteiger partial charge in [-0.2, -0.15) is 0 Å². The summed E-state index contributed by atoms with van der Waals surface area (Å²) in [5.74, 6) is 4.41. The third-order valence-electron chi connectivity index (χ3n) is 13.3. The van der Waals surface area contributed by atoms with Gasteiger partial charge in [-0.25, -0.2) is 0 Å². The zero-order chi connectivity index (χ0) is 22.4. The molecule has 9 atom stereocenters. The molecule has 1 heteroatoms. The van der Waals surface area contributed by atoms with E-state index < -0.39 is 0 Å². The van der Waals surface area contributed by atoms with Gasteiger partial charge >= 0.3 is 0 Å². The molecular formula is C30H52O. The molecule has 0 heterocycles. The Kier molecular flexibility index (Phi) is 5.13. The number of hydrogen-bond acceptors (Lipinski definition) is 1. The smallest absolute Gasteiger partial charge is 0.0594 e. The van der Waals surface area contributed by atoms with Gasteiger partial charge in [0.15, 0.2) is 0 Å². The van der Waals surface area contributed by atoms with Crippen molar-refractivity contribution in [3.8, 4) is 0 Å². The average molecular weight is 429 g/mol. The van der Waals surface area contributed by atoms with Gasteiger partial charge in [-0.1, -0.05) is 67.7 Å². The largest absolute Gasteiger partial charge is 0.393 e. The van der Waals surface area contributed by atoms with Gasteiger partial charge in [0.25, 0.3) is 0 Å². The van der Waals surface area contributed by atoms with Crippen molar-refractivity contribution in [1.82, 2.24) is 0 Å². The van der Waals surface area contributed by atoms with Crippen LogP contribution in [0.5, 0.6) is 0 Å². The highest BCUT2D eigenvalue weighted by Gasteiger charge is 2.82. The first-order valence-electron chi connectivity index (χ1n) is 14.1. The lowest BCUT2D eigenvalue weighted by atomic mass is 9.41. The second-order valence-electron chi connectivity index (χ2n) is 14.8. The molecule has 31 heavy (non-hydrogen) atoms. The van der Waals surface area contributed by atoms with E-state index >= 15 is 0 Å². The summed E-state index contributed by atoms with van der Waals surface area (Å²) < 4.78 is 0. The fourth-order valence-electron chi connectivity index (χ4n) is 11.3. The van der Waals surface area contributed by atoms with Crippen molar-refractivity contribution in [3.63, 3.8) is 0 Å². The third kappa shape index (κ3) is 2.77. The van der Waals surface area contributed by atoms with Crippen molar-refractivity contribution in [3.05, 3.63) is 0 Å². The maximum absolute atomic E-state index is 10.8. The summed E-state index contributed by atoms with van der Waals surface area (Å²) in [5, 5.41) is 10.8. The van der Waals surface area contributed by atoms with Gasteiger partial charge in [0, 0.05) is 0 Å². The second-order valence-corrected chi connectivity index (χ2v) is 14.8. The van der Waals surface area contributed by atoms with Gasteiger partial charge in [0.2, 0.25) is 0 Å². The first kappa shape index (κ1) is 22.7. The number of hydrogen-bond donors (Lipinski definition) is 1. The van der Waals surface area contributed by atoms with E-state index in [0.717, 1.165) is 36.0 Å². The maximum Gasteiger partial charge on any atom is 0.0594 e. The molecule has 0 aromatic rings. The molecule has 178 valence electrons. The van der Waals surface area contributed by atoms with Gasteiger partial charge in [0.1, 0.15) is 0 Å². The van der Waals surface area contributed by atoms with E-state index in [2.05, 4.69) is 48.5 Å². The minimum Gasteiger partial charge on any atom is -0.393 e. The molecule has 5 rings (SSSR count). The van der Waals surface area contributed by atoms with Gasteiger partial charge in [0.05, 0.1) is 6.10 Å². The van der Waals surface area contributed by atoms with Crippen molar-refractivity contribution in [2.45, 2.75) is 132 Å². The Hall–Kier alpha value is -0.0400. The molecule has 0 amide bonds. The molecule has 0 unspecified atom stereocenters. The molecule has 1 nitrogen and oxygen atoms in total. The molecule has 0 bridgehead atoms. The van der Waals surface area contributed by atoms with Gasteiger partial charge < -0.3 is 5.11 Å². The number of rotatable bonds is 5. The van der Waals surface area contributed by atoms with Gasteiger partial charge in [-0.3, -0.25) is 0 Å². The van der Waals surface area contributed by atoms with Gasteiger partial charge in [-0.05, 0) is 114 Å². The molecule has 0 aromatic carbocycles. The zero-order valence-corrected chi connectivity index (χ0v) is 21.9. The first-order valence-corrected chi connectivity index (χ1v) is 14.1. The molecule has 0 aliphatic heterocycles.